The summed E-state index contributed by atoms with van der Waals surface area (Å²) >= 11 is 2.84. The lowest BCUT2D eigenvalue weighted by Crippen LogP contribution is -2.36. The van der Waals surface area contributed by atoms with Crippen molar-refractivity contribution >= 4 is 33.3 Å². The minimum Gasteiger partial charge on any atom is -0.380 e. The van der Waals surface area contributed by atoms with Crippen molar-refractivity contribution in [3.63, 3.8) is 0 Å². The Morgan fingerprint density at radius 2 is 2.27 bits per heavy atom. The van der Waals surface area contributed by atoms with Gasteiger partial charge in [0, 0.05) is 25.7 Å². The van der Waals surface area contributed by atoms with E-state index in [0.29, 0.717) is 13.2 Å². The van der Waals surface area contributed by atoms with E-state index in [1.807, 2.05) is 6.92 Å². The zero-order chi connectivity index (χ0) is 16.2. The minimum absolute atomic E-state index is 0.129. The lowest BCUT2D eigenvalue weighted by Gasteiger charge is -2.32. The van der Waals surface area contributed by atoms with E-state index < -0.39 is 10.0 Å². The Morgan fingerprint density at radius 1 is 1.50 bits per heavy atom. The number of nitrogens with zero attached hydrogens (tertiary/aromatic N) is 1. The Labute approximate surface area is 140 Å². The maximum Gasteiger partial charge on any atom is 0.247 e. The summed E-state index contributed by atoms with van der Waals surface area (Å²) in [5.74, 6) is 0. The van der Waals surface area contributed by atoms with Crippen LogP contribution in [0.3, 0.4) is 0 Å². The second kappa shape index (κ2) is 8.09. The second-order valence-electron chi connectivity index (χ2n) is 5.04. The highest BCUT2D eigenvalue weighted by atomic mass is 32.3. The fourth-order valence-corrected chi connectivity index (χ4v) is 5.73. The van der Waals surface area contributed by atoms with E-state index in [4.69, 9.17) is 9.88 Å². The van der Waals surface area contributed by atoms with E-state index in [-0.39, 0.29) is 10.3 Å². The molecule has 1 aromatic heterocycles. The molecule has 0 amide bonds. The lowest BCUT2D eigenvalue weighted by molar-refractivity contribution is 0.134. The average molecular weight is 366 g/mol. The van der Waals surface area contributed by atoms with E-state index in [0.717, 1.165) is 35.8 Å². The molecule has 0 aliphatic carbocycles. The van der Waals surface area contributed by atoms with Crippen LogP contribution < -0.4 is 10.5 Å². The molecule has 22 heavy (non-hydrogen) atoms. The summed E-state index contributed by atoms with van der Waals surface area (Å²) in [4.78, 5) is 0. The van der Waals surface area contributed by atoms with E-state index in [2.05, 4.69) is 16.5 Å². The van der Waals surface area contributed by atoms with Crippen molar-refractivity contribution in [2.75, 3.05) is 32.8 Å². The molecule has 0 aromatic carbocycles. The first-order valence-electron chi connectivity index (χ1n) is 7.36. The molecule has 2 heterocycles. The first kappa shape index (κ1) is 18.2. The first-order chi connectivity index (χ1) is 10.5. The molecule has 0 spiro atoms. The Balaban J connectivity index is 2.18. The lowest BCUT2D eigenvalue weighted by atomic mass is 10.1. The molecule has 0 saturated carbocycles. The van der Waals surface area contributed by atoms with Gasteiger partial charge in [-0.05, 0) is 43.5 Å². The molecule has 126 valence electrons. The maximum atomic E-state index is 11.6. The number of hydrogen-bond acceptors (Lipinski definition) is 7. The van der Waals surface area contributed by atoms with Gasteiger partial charge in [-0.2, -0.15) is 0 Å². The molecule has 0 bridgehead atoms. The van der Waals surface area contributed by atoms with Crippen LogP contribution in [0.4, 0.5) is 0 Å². The average Bonchev–Trinajstić information content (AvgIpc) is 2.89. The van der Waals surface area contributed by atoms with Crippen molar-refractivity contribution < 1.29 is 13.2 Å². The number of nitrogens with one attached hydrogen (secondary N) is 1. The van der Waals surface area contributed by atoms with Crippen LogP contribution in [-0.2, 0) is 14.8 Å². The van der Waals surface area contributed by atoms with Gasteiger partial charge < -0.3 is 10.1 Å². The highest BCUT2D eigenvalue weighted by Crippen LogP contribution is 2.43. The largest absolute Gasteiger partial charge is 0.380 e. The highest BCUT2D eigenvalue weighted by molar-refractivity contribution is 7.99. The highest BCUT2D eigenvalue weighted by Gasteiger charge is 2.30. The van der Waals surface area contributed by atoms with Crippen molar-refractivity contribution in [3.05, 3.63) is 11.6 Å². The molecule has 1 unspecified atom stereocenters. The van der Waals surface area contributed by atoms with E-state index in [1.165, 1.54) is 11.3 Å². The molecule has 0 saturated heterocycles. The van der Waals surface area contributed by atoms with Gasteiger partial charge in [0.05, 0.1) is 10.8 Å². The molecular formula is C13H23N3O3S3. The maximum absolute atomic E-state index is 11.6. The number of primary sulfonamides is 1. The van der Waals surface area contributed by atoms with Crippen LogP contribution in [0.25, 0.3) is 0 Å². The fraction of sp³-hybridized carbons (Fsp3) is 0.692. The van der Waals surface area contributed by atoms with E-state index in [9.17, 15) is 8.42 Å². The van der Waals surface area contributed by atoms with Crippen LogP contribution in [0, 0.1) is 0 Å². The number of nitrogens with two attached hydrogens (primary N) is 1. The number of fused-ring (bicyclic) bond motifs is 1. The summed E-state index contributed by atoms with van der Waals surface area (Å²) in [6, 6.07) is 1.85. The van der Waals surface area contributed by atoms with Crippen molar-refractivity contribution in [3.8, 4) is 0 Å². The number of hydrogen-bond donors (Lipinski definition) is 2. The minimum atomic E-state index is -3.65. The van der Waals surface area contributed by atoms with Gasteiger partial charge in [0.25, 0.3) is 0 Å². The van der Waals surface area contributed by atoms with Gasteiger partial charge in [0.15, 0.2) is 0 Å². The van der Waals surface area contributed by atoms with E-state index >= 15 is 0 Å². The zero-order valence-electron chi connectivity index (χ0n) is 12.9. The van der Waals surface area contributed by atoms with Gasteiger partial charge in [-0.1, -0.05) is 6.92 Å². The molecule has 0 radical (unpaired) electrons. The van der Waals surface area contributed by atoms with Crippen LogP contribution in [0.1, 0.15) is 31.9 Å². The predicted octanol–water partition coefficient (Wildman–Crippen LogP) is 1.80. The van der Waals surface area contributed by atoms with Gasteiger partial charge in [0.2, 0.25) is 10.0 Å². The molecule has 1 atom stereocenters. The molecule has 3 N–H and O–H groups in total. The molecular weight excluding hydrogens is 342 g/mol. The van der Waals surface area contributed by atoms with Gasteiger partial charge in [-0.15, -0.1) is 11.3 Å². The third kappa shape index (κ3) is 4.67. The van der Waals surface area contributed by atoms with Crippen LogP contribution >= 0.6 is 23.3 Å². The number of sulfonamides is 1. The van der Waals surface area contributed by atoms with Crippen molar-refractivity contribution in [2.45, 2.75) is 34.7 Å². The standard InChI is InChI=1S/C13H23N3O3S3/c1-3-5-15-11-9-16(6-7-19-4-2)21-13-10(11)8-12(20-13)22(14,17)18/h8,11,15H,3-7,9H2,1-2H3,(H2,14,17,18). The Kier molecular flexibility index (Phi) is 6.69. The third-order valence-electron chi connectivity index (χ3n) is 3.29. The molecule has 6 nitrogen and oxygen atoms in total. The fourth-order valence-electron chi connectivity index (χ4n) is 2.22. The SMILES string of the molecule is CCCNC1CN(CCOCC)Sc2sc(S(N)(=O)=O)cc21. The molecule has 1 aliphatic heterocycles. The van der Waals surface area contributed by atoms with Crippen LogP contribution in [0.15, 0.2) is 14.5 Å². The third-order valence-corrected chi connectivity index (χ3v) is 7.12. The van der Waals surface area contributed by atoms with E-state index in [1.54, 1.807) is 18.0 Å². The Morgan fingerprint density at radius 3 is 2.91 bits per heavy atom. The first-order valence-corrected chi connectivity index (χ1v) is 10.5. The summed E-state index contributed by atoms with van der Waals surface area (Å²) in [5.41, 5.74) is 1.04. The van der Waals surface area contributed by atoms with Crippen molar-refractivity contribution in [1.82, 2.24) is 9.62 Å². The summed E-state index contributed by atoms with van der Waals surface area (Å²) in [7, 11) is -3.65. The summed E-state index contributed by atoms with van der Waals surface area (Å²) in [6.45, 7) is 8.00. The number of rotatable bonds is 8. The summed E-state index contributed by atoms with van der Waals surface area (Å²) in [6.07, 6.45) is 1.03. The van der Waals surface area contributed by atoms with Crippen LogP contribution in [0.2, 0.25) is 0 Å². The molecule has 1 aromatic rings. The number of ether oxygens (including phenoxy) is 1. The van der Waals surface area contributed by atoms with Crippen molar-refractivity contribution in [2.24, 2.45) is 5.14 Å². The second-order valence-corrected chi connectivity index (χ2v) is 9.24. The Bertz CT molecular complexity index is 589. The van der Waals surface area contributed by atoms with Crippen LogP contribution in [-0.4, -0.2) is 45.6 Å². The number of thiophene rings is 1. The molecule has 9 heteroatoms. The quantitative estimate of drug-likeness (QED) is 0.540. The smallest absolute Gasteiger partial charge is 0.247 e. The van der Waals surface area contributed by atoms with Gasteiger partial charge >= 0.3 is 0 Å². The molecule has 2 rings (SSSR count). The molecule has 0 fully saturated rings. The topological polar surface area (TPSA) is 84.7 Å². The summed E-state index contributed by atoms with van der Waals surface area (Å²) < 4.78 is 32.0. The van der Waals surface area contributed by atoms with Gasteiger partial charge in [-0.3, -0.25) is 0 Å². The monoisotopic (exact) mass is 365 g/mol. The molecule has 1 aliphatic rings. The summed E-state index contributed by atoms with van der Waals surface area (Å²) in [5, 5.41) is 8.75. The normalized spacial score (nSPS) is 19.3. The predicted molar refractivity (Wildman–Crippen MR) is 90.6 cm³/mol. The van der Waals surface area contributed by atoms with Crippen LogP contribution in [0.5, 0.6) is 0 Å². The van der Waals surface area contributed by atoms with Crippen molar-refractivity contribution in [1.29, 1.82) is 0 Å². The van der Waals surface area contributed by atoms with Gasteiger partial charge in [0.1, 0.15) is 4.21 Å². The Hall–Kier alpha value is -0.160. The zero-order valence-corrected chi connectivity index (χ0v) is 15.3. The van der Waals surface area contributed by atoms with Gasteiger partial charge in [-0.25, -0.2) is 17.9 Å².